The van der Waals surface area contributed by atoms with Gasteiger partial charge in [0.2, 0.25) is 0 Å². The molecular weight excluding hydrogens is 256 g/mol. The predicted octanol–water partition coefficient (Wildman–Crippen LogP) is 2.03. The Morgan fingerprint density at radius 3 is 2.55 bits per heavy atom. The molecular formula is C16H22O4. The second kappa shape index (κ2) is 6.29. The Labute approximate surface area is 119 Å². The van der Waals surface area contributed by atoms with Crippen molar-refractivity contribution in [3.63, 3.8) is 0 Å². The fourth-order valence-electron chi connectivity index (χ4n) is 2.82. The van der Waals surface area contributed by atoms with Crippen LogP contribution in [0.3, 0.4) is 0 Å². The lowest BCUT2D eigenvalue weighted by Gasteiger charge is -2.35. The normalized spacial score (nSPS) is 25.5. The van der Waals surface area contributed by atoms with Crippen molar-refractivity contribution in [3.8, 4) is 11.5 Å². The van der Waals surface area contributed by atoms with E-state index in [1.165, 1.54) is 0 Å². The molecule has 0 heterocycles. The zero-order chi connectivity index (χ0) is 14.6. The van der Waals surface area contributed by atoms with Gasteiger partial charge in [-0.1, -0.05) is 18.2 Å². The average molecular weight is 278 g/mol. The van der Waals surface area contributed by atoms with Gasteiger partial charge in [0.25, 0.3) is 0 Å². The number of methoxy groups -OCH3 is 2. The highest BCUT2D eigenvalue weighted by molar-refractivity contribution is 5.47. The van der Waals surface area contributed by atoms with E-state index >= 15 is 0 Å². The van der Waals surface area contributed by atoms with Gasteiger partial charge in [0, 0.05) is 12.0 Å². The molecule has 2 N–H and O–H groups in total. The van der Waals surface area contributed by atoms with Gasteiger partial charge in [-0.05, 0) is 37.0 Å². The molecule has 1 aliphatic rings. The molecule has 20 heavy (non-hydrogen) atoms. The molecule has 0 spiro atoms. The Kier molecular flexibility index (Phi) is 4.68. The van der Waals surface area contributed by atoms with Crippen molar-refractivity contribution in [1.29, 1.82) is 0 Å². The summed E-state index contributed by atoms with van der Waals surface area (Å²) in [5, 5.41) is 19.0. The minimum atomic E-state index is -0.387. The molecule has 110 valence electrons. The third-order valence-corrected chi connectivity index (χ3v) is 4.04. The van der Waals surface area contributed by atoms with Crippen molar-refractivity contribution in [2.75, 3.05) is 20.8 Å². The molecule has 0 saturated heterocycles. The van der Waals surface area contributed by atoms with Crippen LogP contribution in [-0.2, 0) is 5.41 Å². The molecule has 0 radical (unpaired) electrons. The summed E-state index contributed by atoms with van der Waals surface area (Å²) in [5.41, 5.74) is 0.834. The molecule has 0 bridgehead atoms. The van der Waals surface area contributed by atoms with Crippen LogP contribution in [-0.4, -0.2) is 37.1 Å². The van der Waals surface area contributed by atoms with Gasteiger partial charge >= 0.3 is 0 Å². The lowest BCUT2D eigenvalue weighted by molar-refractivity contribution is 0.175. The van der Waals surface area contributed by atoms with E-state index in [0.29, 0.717) is 24.3 Å². The highest BCUT2D eigenvalue weighted by Gasteiger charge is 2.32. The van der Waals surface area contributed by atoms with Gasteiger partial charge in [-0.3, -0.25) is 0 Å². The molecule has 0 aliphatic heterocycles. The van der Waals surface area contributed by atoms with Crippen LogP contribution in [0.5, 0.6) is 11.5 Å². The molecule has 2 rings (SSSR count). The first kappa shape index (κ1) is 14.9. The lowest BCUT2D eigenvalue weighted by atomic mass is 9.71. The van der Waals surface area contributed by atoms with Crippen LogP contribution in [0, 0.1) is 0 Å². The molecule has 0 aromatic heterocycles. The Balaban J connectivity index is 2.42. The Hall–Kier alpha value is -1.52. The monoisotopic (exact) mass is 278 g/mol. The first-order valence-corrected chi connectivity index (χ1v) is 6.86. The maximum atomic E-state index is 9.65. The van der Waals surface area contributed by atoms with Crippen LogP contribution < -0.4 is 9.47 Å². The van der Waals surface area contributed by atoms with E-state index in [0.717, 1.165) is 12.0 Å². The largest absolute Gasteiger partial charge is 0.493 e. The summed E-state index contributed by atoms with van der Waals surface area (Å²) in [7, 11) is 3.22. The van der Waals surface area contributed by atoms with Crippen LogP contribution in [0.4, 0.5) is 0 Å². The maximum Gasteiger partial charge on any atom is 0.161 e. The third kappa shape index (κ3) is 2.81. The first-order valence-electron chi connectivity index (χ1n) is 6.86. The minimum Gasteiger partial charge on any atom is -0.493 e. The van der Waals surface area contributed by atoms with Gasteiger partial charge in [0.05, 0.1) is 20.3 Å². The summed E-state index contributed by atoms with van der Waals surface area (Å²) >= 11 is 0. The zero-order valence-electron chi connectivity index (χ0n) is 12.0. The van der Waals surface area contributed by atoms with Gasteiger partial charge < -0.3 is 19.7 Å². The summed E-state index contributed by atoms with van der Waals surface area (Å²) < 4.78 is 10.6. The number of hydrogen-bond donors (Lipinski definition) is 2. The van der Waals surface area contributed by atoms with Crippen molar-refractivity contribution in [2.24, 2.45) is 0 Å². The molecule has 0 fully saturated rings. The number of aliphatic hydroxyl groups excluding tert-OH is 2. The molecule has 2 atom stereocenters. The van der Waals surface area contributed by atoms with Crippen LogP contribution in [0.15, 0.2) is 30.4 Å². The summed E-state index contributed by atoms with van der Waals surface area (Å²) in [4.78, 5) is 0. The second-order valence-electron chi connectivity index (χ2n) is 5.16. The summed E-state index contributed by atoms with van der Waals surface area (Å²) in [6.45, 7) is 0.106. The van der Waals surface area contributed by atoms with E-state index in [2.05, 4.69) is 0 Å². The second-order valence-corrected chi connectivity index (χ2v) is 5.16. The van der Waals surface area contributed by atoms with Gasteiger partial charge in [-0.25, -0.2) is 0 Å². The molecule has 1 aromatic rings. The van der Waals surface area contributed by atoms with E-state index in [-0.39, 0.29) is 18.1 Å². The predicted molar refractivity (Wildman–Crippen MR) is 77.3 cm³/mol. The summed E-state index contributed by atoms with van der Waals surface area (Å²) in [6.07, 6.45) is 5.58. The first-order chi connectivity index (χ1) is 9.65. The van der Waals surface area contributed by atoms with E-state index < -0.39 is 0 Å². The standard InChI is InChI=1S/C16H22O4/c1-19-14-4-3-12(11-15(14)20-2)16(9-10-17)7-5-13(18)6-8-16/h3-5,7,11,13,17-18H,6,8-10H2,1-2H3/t13?,16-/m1/s1. The average Bonchev–Trinajstić information content (AvgIpc) is 2.49. The quantitative estimate of drug-likeness (QED) is 0.809. The van der Waals surface area contributed by atoms with Crippen molar-refractivity contribution < 1.29 is 19.7 Å². The van der Waals surface area contributed by atoms with Crippen LogP contribution in [0.2, 0.25) is 0 Å². The number of hydrogen-bond acceptors (Lipinski definition) is 4. The van der Waals surface area contributed by atoms with Gasteiger partial charge in [0.15, 0.2) is 11.5 Å². The molecule has 1 unspecified atom stereocenters. The number of ether oxygens (including phenoxy) is 2. The Bertz CT molecular complexity index is 483. The number of rotatable bonds is 5. The lowest BCUT2D eigenvalue weighted by Crippen LogP contribution is -2.30. The highest BCUT2D eigenvalue weighted by atomic mass is 16.5. The molecule has 4 heteroatoms. The van der Waals surface area contributed by atoms with E-state index in [4.69, 9.17) is 9.47 Å². The van der Waals surface area contributed by atoms with Crippen molar-refractivity contribution in [1.82, 2.24) is 0 Å². The maximum absolute atomic E-state index is 9.65. The van der Waals surface area contributed by atoms with E-state index in [1.54, 1.807) is 14.2 Å². The van der Waals surface area contributed by atoms with Crippen LogP contribution in [0.1, 0.15) is 24.8 Å². The smallest absolute Gasteiger partial charge is 0.161 e. The number of allylic oxidation sites excluding steroid dienone is 1. The van der Waals surface area contributed by atoms with Crippen molar-refractivity contribution in [3.05, 3.63) is 35.9 Å². The topological polar surface area (TPSA) is 58.9 Å². The zero-order valence-corrected chi connectivity index (χ0v) is 12.0. The highest BCUT2D eigenvalue weighted by Crippen LogP contribution is 2.41. The molecule has 0 amide bonds. The number of aliphatic hydroxyl groups is 2. The van der Waals surface area contributed by atoms with Crippen molar-refractivity contribution in [2.45, 2.75) is 30.8 Å². The minimum absolute atomic E-state index is 0.106. The Morgan fingerprint density at radius 1 is 1.25 bits per heavy atom. The summed E-state index contributed by atoms with van der Waals surface area (Å²) in [6, 6.07) is 5.84. The molecule has 0 saturated carbocycles. The molecule has 4 nitrogen and oxygen atoms in total. The van der Waals surface area contributed by atoms with Gasteiger partial charge in [-0.15, -0.1) is 0 Å². The van der Waals surface area contributed by atoms with Crippen LogP contribution >= 0.6 is 0 Å². The molecule has 1 aromatic carbocycles. The van der Waals surface area contributed by atoms with E-state index in [9.17, 15) is 10.2 Å². The van der Waals surface area contributed by atoms with E-state index in [1.807, 2.05) is 30.4 Å². The SMILES string of the molecule is COc1ccc([C@]2(CCO)C=CC(O)CC2)cc1OC. The Morgan fingerprint density at radius 2 is 2.00 bits per heavy atom. The summed E-state index contributed by atoms with van der Waals surface area (Å²) in [5.74, 6) is 1.37. The fourth-order valence-corrected chi connectivity index (χ4v) is 2.82. The van der Waals surface area contributed by atoms with Gasteiger partial charge in [-0.2, -0.15) is 0 Å². The fraction of sp³-hybridized carbons (Fsp3) is 0.500. The van der Waals surface area contributed by atoms with Crippen molar-refractivity contribution >= 4 is 0 Å². The third-order valence-electron chi connectivity index (χ3n) is 4.04. The molecule has 1 aliphatic carbocycles. The van der Waals surface area contributed by atoms with Gasteiger partial charge in [0.1, 0.15) is 0 Å². The number of benzene rings is 1. The van der Waals surface area contributed by atoms with Crippen LogP contribution in [0.25, 0.3) is 0 Å².